The van der Waals surface area contributed by atoms with Gasteiger partial charge in [-0.1, -0.05) is 164 Å². The predicted octanol–water partition coefficient (Wildman–Crippen LogP) is 13.6. The summed E-state index contributed by atoms with van der Waals surface area (Å²) >= 11 is 1.82. The summed E-state index contributed by atoms with van der Waals surface area (Å²) < 4.78 is 4.68. The Morgan fingerprint density at radius 1 is 0.393 bits per heavy atom. The topological polar surface area (TPSA) is 43.1 Å². The van der Waals surface area contributed by atoms with Crippen LogP contribution in [0, 0.1) is 0 Å². The smallest absolute Gasteiger partial charge is 0.160 e. The van der Waals surface area contributed by atoms with Crippen molar-refractivity contribution in [3.63, 3.8) is 0 Å². The van der Waals surface area contributed by atoms with Gasteiger partial charge in [0, 0.05) is 58.9 Å². The Balaban J connectivity index is 1.12. The molecule has 5 heteroatoms. The molecule has 262 valence electrons. The fraction of sp³-hybridized carbons (Fsp3) is 0. The summed E-state index contributed by atoms with van der Waals surface area (Å²) in [5.41, 5.74) is 12.2. The van der Waals surface area contributed by atoms with E-state index in [4.69, 9.17) is 15.1 Å². The average Bonchev–Trinajstić information content (AvgIpc) is 3.86. The lowest BCUT2D eigenvalue weighted by molar-refractivity contribution is 0.979. The highest BCUT2D eigenvalue weighted by Crippen LogP contribution is 2.42. The zero-order chi connectivity index (χ0) is 37.0. The number of hydrogen-bond donors (Lipinski definition) is 0. The van der Waals surface area contributed by atoms with Gasteiger partial charge in [-0.15, -0.1) is 11.3 Å². The predicted molar refractivity (Wildman–Crippen MR) is 234 cm³/mol. The van der Waals surface area contributed by atoms with Crippen molar-refractivity contribution >= 4 is 47.8 Å². The van der Waals surface area contributed by atoms with Crippen LogP contribution in [0.3, 0.4) is 0 Å². The Hall–Kier alpha value is -7.21. The van der Waals surface area contributed by atoms with E-state index < -0.39 is 0 Å². The lowest BCUT2D eigenvalue weighted by Crippen LogP contribution is -1.98. The van der Waals surface area contributed by atoms with E-state index in [1.165, 1.54) is 20.2 Å². The van der Waals surface area contributed by atoms with E-state index in [0.717, 1.165) is 78.0 Å². The Morgan fingerprint density at radius 3 is 1.75 bits per heavy atom. The molecule has 0 fully saturated rings. The summed E-state index contributed by atoms with van der Waals surface area (Å²) in [5.74, 6) is 0.695. The second-order valence-electron chi connectivity index (χ2n) is 14.1. The molecular formula is C51H32N4S. The monoisotopic (exact) mass is 732 g/mol. The Labute approximate surface area is 327 Å². The van der Waals surface area contributed by atoms with Gasteiger partial charge >= 0.3 is 0 Å². The third kappa shape index (κ3) is 5.48. The molecule has 4 aromatic heterocycles. The first-order valence-electron chi connectivity index (χ1n) is 18.8. The number of thiophene rings is 1. The van der Waals surface area contributed by atoms with Crippen LogP contribution in [0.15, 0.2) is 194 Å². The summed E-state index contributed by atoms with van der Waals surface area (Å²) in [7, 11) is 0. The maximum atomic E-state index is 5.43. The van der Waals surface area contributed by atoms with Crippen molar-refractivity contribution in [3.8, 4) is 67.5 Å². The van der Waals surface area contributed by atoms with E-state index in [2.05, 4.69) is 180 Å². The van der Waals surface area contributed by atoms with Crippen molar-refractivity contribution in [1.82, 2.24) is 19.6 Å². The number of pyridine rings is 1. The molecule has 0 saturated heterocycles. The van der Waals surface area contributed by atoms with Gasteiger partial charge in [-0.05, 0) is 41.3 Å². The third-order valence-corrected chi connectivity index (χ3v) is 11.8. The molecule has 4 nitrogen and oxygen atoms in total. The maximum absolute atomic E-state index is 5.43. The highest BCUT2D eigenvalue weighted by atomic mass is 32.1. The molecule has 0 radical (unpaired) electrons. The summed E-state index contributed by atoms with van der Waals surface area (Å²) in [6, 6.07) is 68.4. The van der Waals surface area contributed by atoms with Gasteiger partial charge in [0.05, 0.1) is 22.6 Å². The van der Waals surface area contributed by atoms with Crippen molar-refractivity contribution in [2.24, 2.45) is 0 Å². The standard InChI is InChI=1S/C51H32N4S/c1-4-15-33(16-5-1)48-49(34-17-6-2-7-18-34)54-55-45(30-36-21-10-11-24-40(36)50(48)55)39-23-14-22-37(29-39)43-32-44(53-51(52-43)35-19-8-3-9-20-35)38-27-28-42-41-25-12-13-26-46(41)56-47(42)31-38/h1-32H. The third-order valence-electron chi connectivity index (χ3n) is 10.6. The second-order valence-corrected chi connectivity index (χ2v) is 15.1. The van der Waals surface area contributed by atoms with Crippen molar-refractivity contribution < 1.29 is 0 Å². The molecule has 11 aromatic rings. The summed E-state index contributed by atoms with van der Waals surface area (Å²) in [4.78, 5) is 10.4. The van der Waals surface area contributed by atoms with Gasteiger partial charge in [0.25, 0.3) is 0 Å². The lowest BCUT2D eigenvalue weighted by Gasteiger charge is -2.13. The molecule has 0 aliphatic heterocycles. The zero-order valence-corrected chi connectivity index (χ0v) is 31.0. The van der Waals surface area contributed by atoms with Crippen molar-refractivity contribution in [1.29, 1.82) is 0 Å². The van der Waals surface area contributed by atoms with E-state index in [1.807, 2.05) is 29.5 Å². The number of rotatable bonds is 6. The quantitative estimate of drug-likeness (QED) is 0.171. The molecule has 0 unspecified atom stereocenters. The molecule has 0 spiro atoms. The summed E-state index contributed by atoms with van der Waals surface area (Å²) in [6.45, 7) is 0. The fourth-order valence-corrected chi connectivity index (χ4v) is 9.10. The number of fused-ring (bicyclic) bond motifs is 6. The Morgan fingerprint density at radius 2 is 0.982 bits per heavy atom. The highest BCUT2D eigenvalue weighted by Gasteiger charge is 2.22. The van der Waals surface area contributed by atoms with Crippen molar-refractivity contribution in [3.05, 3.63) is 194 Å². The summed E-state index contributed by atoms with van der Waals surface area (Å²) in [6.07, 6.45) is 0. The molecule has 0 bridgehead atoms. The van der Waals surface area contributed by atoms with Crippen LogP contribution in [-0.2, 0) is 0 Å². The van der Waals surface area contributed by atoms with Gasteiger partial charge in [0.15, 0.2) is 5.82 Å². The normalized spacial score (nSPS) is 11.6. The molecule has 0 N–H and O–H groups in total. The van der Waals surface area contributed by atoms with Crippen LogP contribution in [-0.4, -0.2) is 19.6 Å². The number of nitrogens with zero attached hydrogens (tertiary/aromatic N) is 4. The number of aromatic nitrogens is 4. The fourth-order valence-electron chi connectivity index (χ4n) is 7.95. The van der Waals surface area contributed by atoms with Crippen LogP contribution in [0.25, 0.3) is 104 Å². The molecule has 4 heterocycles. The minimum atomic E-state index is 0.695. The van der Waals surface area contributed by atoms with E-state index in [-0.39, 0.29) is 0 Å². The molecule has 0 aliphatic rings. The van der Waals surface area contributed by atoms with Gasteiger partial charge in [0.1, 0.15) is 5.69 Å². The average molecular weight is 733 g/mol. The van der Waals surface area contributed by atoms with Gasteiger partial charge in [-0.3, -0.25) is 0 Å². The molecule has 7 aromatic carbocycles. The lowest BCUT2D eigenvalue weighted by atomic mass is 9.96. The maximum Gasteiger partial charge on any atom is 0.160 e. The van der Waals surface area contributed by atoms with E-state index in [9.17, 15) is 0 Å². The number of benzene rings is 7. The van der Waals surface area contributed by atoms with Gasteiger partial charge in [-0.25, -0.2) is 14.5 Å². The van der Waals surface area contributed by atoms with Crippen LogP contribution in [0.5, 0.6) is 0 Å². The minimum absolute atomic E-state index is 0.695. The van der Waals surface area contributed by atoms with E-state index in [0.29, 0.717) is 5.82 Å². The SMILES string of the molecule is c1ccc(-c2nc(-c3cccc(-c4cc5ccccc5c5c(-c6ccccc6)c(-c6ccccc6)nn45)c3)cc(-c3ccc4c(c3)sc3ccccc34)n2)cc1. The van der Waals surface area contributed by atoms with E-state index in [1.54, 1.807) is 0 Å². The van der Waals surface area contributed by atoms with Crippen LogP contribution < -0.4 is 0 Å². The van der Waals surface area contributed by atoms with Crippen LogP contribution in [0.2, 0.25) is 0 Å². The first kappa shape index (κ1) is 32.2. The van der Waals surface area contributed by atoms with Crippen molar-refractivity contribution in [2.45, 2.75) is 0 Å². The Bertz CT molecular complexity index is 3240. The first-order valence-corrected chi connectivity index (χ1v) is 19.6. The molecule has 56 heavy (non-hydrogen) atoms. The van der Waals surface area contributed by atoms with Crippen LogP contribution in [0.4, 0.5) is 0 Å². The molecule has 0 atom stereocenters. The van der Waals surface area contributed by atoms with Gasteiger partial charge in [-0.2, -0.15) is 5.10 Å². The summed E-state index contributed by atoms with van der Waals surface area (Å²) in [5, 5.41) is 10.3. The van der Waals surface area contributed by atoms with Crippen LogP contribution >= 0.6 is 11.3 Å². The van der Waals surface area contributed by atoms with Gasteiger partial charge < -0.3 is 0 Å². The van der Waals surface area contributed by atoms with E-state index >= 15 is 0 Å². The Kier molecular flexibility index (Phi) is 7.64. The number of hydrogen-bond acceptors (Lipinski definition) is 4. The minimum Gasteiger partial charge on any atom is -0.231 e. The highest BCUT2D eigenvalue weighted by molar-refractivity contribution is 7.25. The largest absolute Gasteiger partial charge is 0.231 e. The first-order chi connectivity index (χ1) is 27.7. The van der Waals surface area contributed by atoms with Gasteiger partial charge in [0.2, 0.25) is 0 Å². The zero-order valence-electron chi connectivity index (χ0n) is 30.2. The molecular weight excluding hydrogens is 701 g/mol. The molecule has 0 saturated carbocycles. The van der Waals surface area contributed by atoms with Crippen molar-refractivity contribution in [2.75, 3.05) is 0 Å². The van der Waals surface area contributed by atoms with Crippen LogP contribution in [0.1, 0.15) is 0 Å². The molecule has 0 aliphatic carbocycles. The second kappa shape index (κ2) is 13.3. The molecule has 0 amide bonds. The molecule has 11 rings (SSSR count).